The van der Waals surface area contributed by atoms with Crippen molar-refractivity contribution in [3.63, 3.8) is 0 Å². The van der Waals surface area contributed by atoms with Gasteiger partial charge in [0.15, 0.2) is 17.3 Å². The molecular formula is C40H44O3. The van der Waals surface area contributed by atoms with Gasteiger partial charge in [-0.3, -0.25) is 14.4 Å². The molecule has 0 heterocycles. The van der Waals surface area contributed by atoms with Crippen molar-refractivity contribution in [1.82, 2.24) is 0 Å². The fraction of sp³-hybridized carbons (Fsp3) is 0.425. The van der Waals surface area contributed by atoms with E-state index in [1.807, 2.05) is 20.8 Å². The number of carbonyl (C=O) groups excluding carboxylic acids is 3. The van der Waals surface area contributed by atoms with E-state index in [2.05, 4.69) is 90.1 Å². The van der Waals surface area contributed by atoms with Gasteiger partial charge in [-0.25, -0.2) is 0 Å². The molecule has 0 radical (unpaired) electrons. The van der Waals surface area contributed by atoms with Crippen molar-refractivity contribution in [2.24, 2.45) is 16.2 Å². The third-order valence-electron chi connectivity index (χ3n) is 11.4. The van der Waals surface area contributed by atoms with Gasteiger partial charge < -0.3 is 0 Å². The highest BCUT2D eigenvalue weighted by Gasteiger charge is 2.63. The molecule has 0 bridgehead atoms. The van der Waals surface area contributed by atoms with Crippen molar-refractivity contribution in [2.75, 3.05) is 0 Å². The summed E-state index contributed by atoms with van der Waals surface area (Å²) >= 11 is 0. The van der Waals surface area contributed by atoms with E-state index in [1.54, 1.807) is 0 Å². The molecule has 0 fully saturated rings. The number of carbonyl (C=O) groups is 3. The monoisotopic (exact) mass is 572 g/mol. The van der Waals surface area contributed by atoms with Crippen molar-refractivity contribution < 1.29 is 14.4 Å². The molecule has 3 heteroatoms. The van der Waals surface area contributed by atoms with Crippen LogP contribution in [0.2, 0.25) is 0 Å². The van der Waals surface area contributed by atoms with E-state index < -0.39 is 16.2 Å². The average molecular weight is 573 g/mol. The predicted molar refractivity (Wildman–Crippen MR) is 175 cm³/mol. The zero-order valence-electron chi connectivity index (χ0n) is 27.5. The molecule has 3 aromatic rings. The normalized spacial score (nSPS) is 27.3. The first kappa shape index (κ1) is 29.5. The molecule has 3 aliphatic rings. The summed E-state index contributed by atoms with van der Waals surface area (Å²) in [5, 5.41) is 2.38. The second-order valence-electron chi connectivity index (χ2n) is 15.4. The van der Waals surface area contributed by atoms with Crippen LogP contribution in [0.4, 0.5) is 0 Å². The molecule has 43 heavy (non-hydrogen) atoms. The Kier molecular flexibility index (Phi) is 6.31. The Morgan fingerprint density at radius 3 is 2.14 bits per heavy atom. The first-order valence-electron chi connectivity index (χ1n) is 15.6. The number of fused-ring (bicyclic) bond motifs is 4. The number of benzene rings is 3. The van der Waals surface area contributed by atoms with E-state index in [-0.39, 0.29) is 22.8 Å². The summed E-state index contributed by atoms with van der Waals surface area (Å²) in [7, 11) is 0. The van der Waals surface area contributed by atoms with Gasteiger partial charge in [-0.05, 0) is 109 Å². The third-order valence-corrected chi connectivity index (χ3v) is 11.4. The Labute approximate surface area is 256 Å². The standard InChI is InChI=1S/C40H44O3/c1-22-19-39(9)21-38(8)20-30-29(28-16-15-26-13-11-12-14-27(26)17-28)18-31(37(5,6)7)23(2)33(30)35(42)34(38)24(3)40(39,10)36(43)32(22)25(4)41/h11-18H,19-21H2,1-10H3. The number of ketones is 3. The van der Waals surface area contributed by atoms with Crippen molar-refractivity contribution in [3.05, 3.63) is 93.1 Å². The second-order valence-corrected chi connectivity index (χ2v) is 15.4. The lowest BCUT2D eigenvalue weighted by Crippen LogP contribution is -2.57. The highest BCUT2D eigenvalue weighted by molar-refractivity contribution is 6.24. The van der Waals surface area contributed by atoms with Crippen molar-refractivity contribution in [1.29, 1.82) is 0 Å². The molecule has 3 aliphatic carbocycles. The number of allylic oxidation sites excluding steroid dienone is 4. The minimum Gasteiger partial charge on any atom is -0.294 e. The smallest absolute Gasteiger partial charge is 0.190 e. The van der Waals surface area contributed by atoms with Gasteiger partial charge in [0.2, 0.25) is 0 Å². The molecular weight excluding hydrogens is 528 g/mol. The van der Waals surface area contributed by atoms with Crippen molar-refractivity contribution in [3.8, 4) is 11.1 Å². The topological polar surface area (TPSA) is 51.2 Å². The van der Waals surface area contributed by atoms with Crippen LogP contribution in [0.3, 0.4) is 0 Å². The van der Waals surface area contributed by atoms with Gasteiger partial charge in [0.05, 0.1) is 11.0 Å². The molecule has 0 amide bonds. The van der Waals surface area contributed by atoms with Crippen LogP contribution in [0.5, 0.6) is 0 Å². The third kappa shape index (κ3) is 3.96. The molecule has 0 spiro atoms. The molecule has 0 saturated carbocycles. The number of hydrogen-bond acceptors (Lipinski definition) is 3. The second kappa shape index (κ2) is 9.21. The molecule has 3 atom stereocenters. The van der Waals surface area contributed by atoms with E-state index in [0.29, 0.717) is 18.4 Å². The molecule has 0 aliphatic heterocycles. The lowest BCUT2D eigenvalue weighted by Gasteiger charge is -2.59. The van der Waals surface area contributed by atoms with Crippen LogP contribution in [0.25, 0.3) is 21.9 Å². The van der Waals surface area contributed by atoms with Crippen LogP contribution in [0.15, 0.2) is 70.8 Å². The summed E-state index contributed by atoms with van der Waals surface area (Å²) in [6.07, 6.45) is 2.11. The molecule has 0 saturated heterocycles. The number of rotatable bonds is 2. The fourth-order valence-electron chi connectivity index (χ4n) is 9.37. The Morgan fingerprint density at radius 2 is 1.51 bits per heavy atom. The minimum absolute atomic E-state index is 0.0543. The molecule has 3 unspecified atom stereocenters. The molecule has 0 aromatic heterocycles. The Balaban J connectivity index is 1.65. The van der Waals surface area contributed by atoms with Crippen LogP contribution < -0.4 is 0 Å². The van der Waals surface area contributed by atoms with Gasteiger partial charge >= 0.3 is 0 Å². The molecule has 3 nitrogen and oxygen atoms in total. The summed E-state index contributed by atoms with van der Waals surface area (Å²) in [5.41, 5.74) is 7.33. The first-order chi connectivity index (χ1) is 19.9. The Bertz CT molecular complexity index is 1860. The Morgan fingerprint density at radius 1 is 0.860 bits per heavy atom. The van der Waals surface area contributed by atoms with Crippen LogP contribution in [-0.4, -0.2) is 17.3 Å². The molecule has 222 valence electrons. The van der Waals surface area contributed by atoms with E-state index in [4.69, 9.17) is 0 Å². The quantitative estimate of drug-likeness (QED) is 0.287. The van der Waals surface area contributed by atoms with E-state index in [0.717, 1.165) is 51.0 Å². The predicted octanol–water partition coefficient (Wildman–Crippen LogP) is 9.47. The zero-order chi connectivity index (χ0) is 31.4. The summed E-state index contributed by atoms with van der Waals surface area (Å²) in [6, 6.07) is 17.4. The molecule has 3 aromatic carbocycles. The average Bonchev–Trinajstić information content (AvgIpc) is 2.89. The fourth-order valence-corrected chi connectivity index (χ4v) is 9.37. The Hall–Kier alpha value is -3.59. The zero-order valence-corrected chi connectivity index (χ0v) is 27.5. The molecule has 6 rings (SSSR count). The van der Waals surface area contributed by atoms with Crippen LogP contribution in [0, 0.1) is 23.2 Å². The van der Waals surface area contributed by atoms with E-state index in [1.165, 1.54) is 23.3 Å². The molecule has 0 N–H and O–H groups in total. The van der Waals surface area contributed by atoms with Gasteiger partial charge in [-0.15, -0.1) is 0 Å². The largest absolute Gasteiger partial charge is 0.294 e. The number of hydrogen-bond donors (Lipinski definition) is 0. The van der Waals surface area contributed by atoms with Gasteiger partial charge in [-0.1, -0.05) is 88.2 Å². The maximum absolute atomic E-state index is 15.0. The van der Waals surface area contributed by atoms with Gasteiger partial charge in [0.1, 0.15) is 0 Å². The SMILES string of the molecule is CC(=O)C1=C(C)CC2(C)CC3(C)Cc4c(-c5ccc6ccccc6c5)cc(C(C)(C)C)c(C)c4C(=O)C3=C(C)C2(C)C1=O. The summed E-state index contributed by atoms with van der Waals surface area (Å²) < 4.78 is 0. The van der Waals surface area contributed by atoms with Crippen molar-refractivity contribution >= 4 is 28.1 Å². The maximum atomic E-state index is 15.0. The highest BCUT2D eigenvalue weighted by Crippen LogP contribution is 2.66. The highest BCUT2D eigenvalue weighted by atomic mass is 16.2. The van der Waals surface area contributed by atoms with Crippen LogP contribution in [0.1, 0.15) is 102 Å². The van der Waals surface area contributed by atoms with E-state index in [9.17, 15) is 9.59 Å². The van der Waals surface area contributed by atoms with Gasteiger partial charge in [0, 0.05) is 16.6 Å². The summed E-state index contributed by atoms with van der Waals surface area (Å²) in [6.45, 7) is 20.6. The summed E-state index contributed by atoms with van der Waals surface area (Å²) in [5.74, 6) is -0.240. The lowest BCUT2D eigenvalue weighted by molar-refractivity contribution is -0.134. The maximum Gasteiger partial charge on any atom is 0.190 e. The van der Waals surface area contributed by atoms with Gasteiger partial charge in [-0.2, -0.15) is 0 Å². The minimum atomic E-state index is -0.910. The van der Waals surface area contributed by atoms with Crippen molar-refractivity contribution in [2.45, 2.75) is 93.9 Å². The van der Waals surface area contributed by atoms with Crippen LogP contribution in [-0.2, 0) is 21.4 Å². The van der Waals surface area contributed by atoms with Crippen LogP contribution >= 0.6 is 0 Å². The van der Waals surface area contributed by atoms with Gasteiger partial charge in [0.25, 0.3) is 0 Å². The lowest BCUT2D eigenvalue weighted by atomic mass is 9.42. The number of Topliss-reactive ketones (excluding diaryl/α,β-unsaturated/α-hetero) is 3. The van der Waals surface area contributed by atoms with E-state index >= 15 is 4.79 Å². The first-order valence-corrected chi connectivity index (χ1v) is 15.6. The summed E-state index contributed by atoms with van der Waals surface area (Å²) in [4.78, 5) is 42.0.